The van der Waals surface area contributed by atoms with Crippen molar-refractivity contribution in [3.8, 4) is 0 Å². The Morgan fingerprint density at radius 3 is 2.33 bits per heavy atom. The summed E-state index contributed by atoms with van der Waals surface area (Å²) in [6.07, 6.45) is -0.230. The monoisotopic (exact) mass is 89.0 g/mol. The highest BCUT2D eigenvalue weighted by Crippen LogP contribution is 2.32. The molecule has 1 fully saturated rings. The summed E-state index contributed by atoms with van der Waals surface area (Å²) in [7, 11) is 0. The molecule has 0 saturated heterocycles. The van der Waals surface area contributed by atoms with Gasteiger partial charge in [-0.3, -0.25) is 0 Å². The Kier molecular flexibility index (Phi) is 0.804. The normalized spacial score (nSPS) is 43.0. The molecule has 1 aliphatic carbocycles. The molecule has 6 heavy (non-hydrogen) atoms. The van der Waals surface area contributed by atoms with Gasteiger partial charge >= 0.3 is 0 Å². The molecule has 0 aromatic heterocycles. The highest BCUT2D eigenvalue weighted by atomic mass is 19.1. The first-order valence-electron chi connectivity index (χ1n) is 2.06. The minimum atomic E-state index is -0.748. The van der Waals surface area contributed by atoms with Gasteiger partial charge in [0.25, 0.3) is 0 Å². The third kappa shape index (κ3) is 0.522. The van der Waals surface area contributed by atoms with Gasteiger partial charge in [-0.25, -0.2) is 9.50 Å². The smallest absolute Gasteiger partial charge is 0.106 e. The fraction of sp³-hybridized carbons (Fsp3) is 1.00. The van der Waals surface area contributed by atoms with E-state index in [0.29, 0.717) is 6.42 Å². The molecular weight excluding hydrogens is 83.0 g/mol. The Morgan fingerprint density at radius 1 is 1.83 bits per heavy atom. The van der Waals surface area contributed by atoms with Crippen LogP contribution in [-0.4, -0.2) is 12.8 Å². The Balaban J connectivity index is 2.09. The van der Waals surface area contributed by atoms with Crippen LogP contribution in [0.2, 0.25) is 0 Å². The Morgan fingerprint density at radius 2 is 2.33 bits per heavy atom. The van der Waals surface area contributed by atoms with Crippen LogP contribution in [0.1, 0.15) is 6.42 Å². The summed E-state index contributed by atoms with van der Waals surface area (Å²) >= 11 is 0. The second-order valence-electron chi connectivity index (χ2n) is 1.68. The van der Waals surface area contributed by atoms with E-state index < -0.39 is 6.17 Å². The third-order valence-electron chi connectivity index (χ3n) is 1.05. The summed E-state index contributed by atoms with van der Waals surface area (Å²) in [5.41, 5.74) is 0. The van der Waals surface area contributed by atoms with Gasteiger partial charge in [0.2, 0.25) is 0 Å². The Bertz CT molecular complexity index is 53.5. The third-order valence-corrected chi connectivity index (χ3v) is 1.05. The molecule has 0 spiro atoms. The number of hydrogen-bond acceptors (Lipinski definition) is 0. The predicted molar refractivity (Wildman–Crippen MR) is 18.6 cm³/mol. The molecule has 1 saturated carbocycles. The quantitative estimate of drug-likeness (QED) is 0.452. The van der Waals surface area contributed by atoms with Crippen molar-refractivity contribution < 1.29 is 9.50 Å². The molecule has 1 radical (unpaired) electrons. The molecule has 1 rings (SSSR count). The van der Waals surface area contributed by atoms with E-state index in [9.17, 15) is 9.50 Å². The first-order chi connectivity index (χ1) is 2.84. The van der Waals surface area contributed by atoms with E-state index >= 15 is 0 Å². The largest absolute Gasteiger partial charge is 0.247 e. The number of hydrogen-bond donors (Lipinski definition) is 0. The molecule has 35 valence electrons. The highest BCUT2D eigenvalue weighted by molar-refractivity contribution is 4.84. The lowest BCUT2D eigenvalue weighted by Crippen LogP contribution is -1.83. The van der Waals surface area contributed by atoms with Crippen LogP contribution in [0.25, 0.3) is 0 Å². The van der Waals surface area contributed by atoms with Crippen molar-refractivity contribution in [3.05, 3.63) is 0 Å². The van der Waals surface area contributed by atoms with Crippen molar-refractivity contribution in [1.82, 2.24) is 0 Å². The molecule has 1 nitrogen and oxygen atoms in total. The molecule has 2 unspecified atom stereocenters. The second-order valence-corrected chi connectivity index (χ2v) is 1.68. The van der Waals surface area contributed by atoms with Gasteiger partial charge in [-0.1, -0.05) is 0 Å². The van der Waals surface area contributed by atoms with E-state index in [2.05, 4.69) is 0 Å². The lowest BCUT2D eigenvalue weighted by atomic mass is 10.5. The number of rotatable bonds is 1. The first kappa shape index (κ1) is 4.06. The summed E-state index contributed by atoms with van der Waals surface area (Å²) in [4.78, 5) is 0. The fourth-order valence-electron chi connectivity index (χ4n) is 0.383. The van der Waals surface area contributed by atoms with Crippen LogP contribution >= 0.6 is 0 Å². The lowest BCUT2D eigenvalue weighted by Gasteiger charge is -1.73. The summed E-state index contributed by atoms with van der Waals surface area (Å²) < 4.78 is 11.6. The maximum atomic E-state index is 11.6. The topological polar surface area (TPSA) is 19.9 Å². The van der Waals surface area contributed by atoms with Gasteiger partial charge < -0.3 is 0 Å². The van der Waals surface area contributed by atoms with Crippen molar-refractivity contribution in [2.45, 2.75) is 12.6 Å². The number of halogens is 1. The molecular formula is C4H6FO. The molecule has 0 aromatic rings. The van der Waals surface area contributed by atoms with E-state index in [1.54, 1.807) is 0 Å². The molecule has 0 aromatic carbocycles. The van der Waals surface area contributed by atoms with Crippen LogP contribution in [0.5, 0.6) is 0 Å². The van der Waals surface area contributed by atoms with Gasteiger partial charge in [0.1, 0.15) is 6.17 Å². The molecule has 0 bridgehead atoms. The van der Waals surface area contributed by atoms with E-state index in [4.69, 9.17) is 0 Å². The molecule has 0 N–H and O–H groups in total. The van der Waals surface area contributed by atoms with Crippen LogP contribution in [0, 0.1) is 5.92 Å². The Labute approximate surface area is 35.8 Å². The summed E-state index contributed by atoms with van der Waals surface area (Å²) in [6.45, 7) is -0.221. The van der Waals surface area contributed by atoms with Crippen molar-refractivity contribution in [1.29, 1.82) is 0 Å². The van der Waals surface area contributed by atoms with E-state index in [-0.39, 0.29) is 12.5 Å². The maximum Gasteiger partial charge on any atom is 0.106 e. The first-order valence-corrected chi connectivity index (χ1v) is 2.06. The molecule has 2 heteroatoms. The predicted octanol–water partition coefficient (Wildman–Crippen LogP) is 0.775. The summed E-state index contributed by atoms with van der Waals surface area (Å²) in [6, 6.07) is 0. The Hall–Kier alpha value is -0.110. The molecule has 0 heterocycles. The maximum absolute atomic E-state index is 11.6. The zero-order valence-electron chi connectivity index (χ0n) is 3.36. The summed E-state index contributed by atoms with van der Waals surface area (Å²) in [5, 5.41) is 9.66. The van der Waals surface area contributed by atoms with Gasteiger partial charge in [-0.15, -0.1) is 0 Å². The lowest BCUT2D eigenvalue weighted by molar-refractivity contribution is 0.169. The van der Waals surface area contributed by atoms with Crippen LogP contribution in [-0.2, 0) is 5.11 Å². The zero-order valence-corrected chi connectivity index (χ0v) is 3.36. The van der Waals surface area contributed by atoms with E-state index in [1.807, 2.05) is 0 Å². The minimum Gasteiger partial charge on any atom is -0.247 e. The molecule has 0 amide bonds. The van der Waals surface area contributed by atoms with Gasteiger partial charge in [-0.2, -0.15) is 0 Å². The number of alkyl halides is 1. The van der Waals surface area contributed by atoms with Gasteiger partial charge in [0.15, 0.2) is 0 Å². The van der Waals surface area contributed by atoms with Crippen molar-refractivity contribution in [2.24, 2.45) is 5.92 Å². The highest BCUT2D eigenvalue weighted by Gasteiger charge is 2.36. The fourth-order valence-corrected chi connectivity index (χ4v) is 0.383. The average molecular weight is 89.1 g/mol. The SMILES string of the molecule is [O]CC1CC1F. The van der Waals surface area contributed by atoms with Gasteiger partial charge in [-0.05, 0) is 6.42 Å². The minimum absolute atomic E-state index is 0.120. The summed E-state index contributed by atoms with van der Waals surface area (Å²) in [5.74, 6) is -0.120. The molecule has 0 aliphatic heterocycles. The van der Waals surface area contributed by atoms with Crippen LogP contribution < -0.4 is 0 Å². The van der Waals surface area contributed by atoms with E-state index in [1.165, 1.54) is 0 Å². The van der Waals surface area contributed by atoms with Gasteiger partial charge in [0, 0.05) is 5.92 Å². The van der Waals surface area contributed by atoms with Gasteiger partial charge in [0.05, 0.1) is 6.61 Å². The molecule has 1 aliphatic rings. The van der Waals surface area contributed by atoms with E-state index in [0.717, 1.165) is 0 Å². The van der Waals surface area contributed by atoms with Crippen LogP contribution in [0.15, 0.2) is 0 Å². The average Bonchev–Trinajstić information content (AvgIpc) is 2.19. The van der Waals surface area contributed by atoms with Crippen molar-refractivity contribution in [2.75, 3.05) is 6.61 Å². The van der Waals surface area contributed by atoms with Crippen LogP contribution in [0.4, 0.5) is 4.39 Å². The molecule has 2 atom stereocenters. The zero-order chi connectivity index (χ0) is 4.57. The van der Waals surface area contributed by atoms with Crippen LogP contribution in [0.3, 0.4) is 0 Å². The standard InChI is InChI=1S/C4H6FO/c5-4-1-3(4)2-6/h3-4H,1-2H2. The van der Waals surface area contributed by atoms with Crippen molar-refractivity contribution in [3.63, 3.8) is 0 Å². The second kappa shape index (κ2) is 1.19. The van der Waals surface area contributed by atoms with Crippen molar-refractivity contribution >= 4 is 0 Å².